The van der Waals surface area contributed by atoms with Crippen molar-refractivity contribution >= 4 is 12.1 Å². The van der Waals surface area contributed by atoms with Crippen LogP contribution in [0, 0.1) is 11.8 Å². The zero-order valence-electron chi connectivity index (χ0n) is 13.4. The van der Waals surface area contributed by atoms with Crippen LogP contribution in [0.15, 0.2) is 4.99 Å². The van der Waals surface area contributed by atoms with Crippen molar-refractivity contribution in [3.05, 3.63) is 0 Å². The van der Waals surface area contributed by atoms with Gasteiger partial charge in [-0.2, -0.15) is 0 Å². The maximum atomic E-state index is 11.7. The zero-order valence-corrected chi connectivity index (χ0v) is 13.4. The number of hydrogen-bond donors (Lipinski definition) is 3. The third kappa shape index (κ3) is 8.80. The van der Waals surface area contributed by atoms with Crippen molar-refractivity contribution < 1.29 is 14.7 Å². The van der Waals surface area contributed by atoms with Crippen LogP contribution in [0.4, 0.5) is 4.79 Å². The third-order valence-corrected chi connectivity index (χ3v) is 4.23. The Morgan fingerprint density at radius 2 is 1.91 bits per heavy atom. The van der Waals surface area contributed by atoms with Crippen LogP contribution < -0.4 is 10.6 Å². The molecule has 6 heteroatoms. The number of carbonyl (C=O) groups is 1. The van der Waals surface area contributed by atoms with Gasteiger partial charge in [-0.15, -0.1) is 0 Å². The number of aliphatic hydroxyl groups is 1. The van der Waals surface area contributed by atoms with Crippen LogP contribution in [0.5, 0.6) is 0 Å². The molecule has 0 aromatic heterocycles. The summed E-state index contributed by atoms with van der Waals surface area (Å²) in [6.45, 7) is 2.19. The van der Waals surface area contributed by atoms with E-state index in [2.05, 4.69) is 15.6 Å². The number of aliphatic hydroxyl groups excluding tert-OH is 1. The van der Waals surface area contributed by atoms with Crippen LogP contribution in [0.2, 0.25) is 0 Å². The highest BCUT2D eigenvalue weighted by Gasteiger charge is 2.22. The molecular weight excluding hydrogens is 282 g/mol. The monoisotopic (exact) mass is 311 g/mol. The minimum absolute atomic E-state index is 0.102. The lowest BCUT2D eigenvalue weighted by atomic mass is 9.81. The SMILES string of the molecule is O=C=NCC1CCCC(CNC(=O)NCCCCCCO)C1. The summed E-state index contributed by atoms with van der Waals surface area (Å²) in [4.78, 5) is 25.5. The lowest BCUT2D eigenvalue weighted by Crippen LogP contribution is -2.39. The van der Waals surface area contributed by atoms with Crippen molar-refractivity contribution in [2.45, 2.75) is 51.4 Å². The van der Waals surface area contributed by atoms with Crippen LogP contribution in [-0.2, 0) is 4.79 Å². The van der Waals surface area contributed by atoms with E-state index in [1.54, 1.807) is 6.08 Å². The van der Waals surface area contributed by atoms with Gasteiger partial charge in [0.15, 0.2) is 0 Å². The summed E-state index contributed by atoms with van der Waals surface area (Å²) >= 11 is 0. The summed E-state index contributed by atoms with van der Waals surface area (Å²) in [5, 5.41) is 14.5. The van der Waals surface area contributed by atoms with E-state index in [1.165, 1.54) is 0 Å². The molecule has 1 aliphatic rings. The molecule has 0 aliphatic heterocycles. The lowest BCUT2D eigenvalue weighted by molar-refractivity contribution is 0.229. The molecule has 22 heavy (non-hydrogen) atoms. The number of unbranched alkanes of at least 4 members (excludes halogenated alkanes) is 3. The van der Waals surface area contributed by atoms with Gasteiger partial charge in [-0.05, 0) is 43.9 Å². The molecule has 0 radical (unpaired) electrons. The zero-order chi connectivity index (χ0) is 16.0. The Labute approximate surface area is 132 Å². The van der Waals surface area contributed by atoms with E-state index in [-0.39, 0.29) is 12.6 Å². The summed E-state index contributed by atoms with van der Waals surface area (Å²) in [7, 11) is 0. The number of aliphatic imine (C=N–C) groups is 1. The van der Waals surface area contributed by atoms with Gasteiger partial charge < -0.3 is 15.7 Å². The molecule has 0 heterocycles. The predicted molar refractivity (Wildman–Crippen MR) is 85.4 cm³/mol. The van der Waals surface area contributed by atoms with Gasteiger partial charge in [0.2, 0.25) is 6.08 Å². The molecule has 0 aromatic rings. The number of carbonyl (C=O) groups excluding carboxylic acids is 2. The smallest absolute Gasteiger partial charge is 0.314 e. The molecular formula is C16H29N3O3. The summed E-state index contributed by atoms with van der Waals surface area (Å²) in [6, 6.07) is -0.102. The Hall–Kier alpha value is -1.39. The number of amides is 2. The molecule has 1 aliphatic carbocycles. The Morgan fingerprint density at radius 3 is 2.68 bits per heavy atom. The fourth-order valence-electron chi connectivity index (χ4n) is 3.01. The van der Waals surface area contributed by atoms with E-state index in [9.17, 15) is 9.59 Å². The standard InChI is InChI=1S/C16H29N3O3/c20-9-4-2-1-3-8-18-16(22)19-12-15-7-5-6-14(10-15)11-17-13-21/h14-15,20H,1-12H2,(H2,18,19,22). The summed E-state index contributed by atoms with van der Waals surface area (Å²) in [5.74, 6) is 0.937. The number of urea groups is 1. The summed E-state index contributed by atoms with van der Waals surface area (Å²) < 4.78 is 0. The van der Waals surface area contributed by atoms with Crippen molar-refractivity contribution in [1.82, 2.24) is 10.6 Å². The molecule has 0 spiro atoms. The van der Waals surface area contributed by atoms with Gasteiger partial charge in [-0.1, -0.05) is 19.3 Å². The maximum Gasteiger partial charge on any atom is 0.314 e. The minimum atomic E-state index is -0.102. The largest absolute Gasteiger partial charge is 0.396 e. The Kier molecular flexibility index (Phi) is 10.3. The Morgan fingerprint density at radius 1 is 1.14 bits per heavy atom. The predicted octanol–water partition coefficient (Wildman–Crippen LogP) is 1.98. The Balaban J connectivity index is 2.06. The van der Waals surface area contributed by atoms with Gasteiger partial charge in [0, 0.05) is 19.7 Å². The molecule has 1 saturated carbocycles. The number of rotatable bonds is 10. The van der Waals surface area contributed by atoms with Gasteiger partial charge in [-0.25, -0.2) is 14.6 Å². The van der Waals surface area contributed by atoms with E-state index in [4.69, 9.17) is 5.11 Å². The highest BCUT2D eigenvalue weighted by molar-refractivity contribution is 5.73. The topological polar surface area (TPSA) is 90.8 Å². The van der Waals surface area contributed by atoms with Gasteiger partial charge in [0.25, 0.3) is 0 Å². The molecule has 6 nitrogen and oxygen atoms in total. The van der Waals surface area contributed by atoms with Crippen LogP contribution in [-0.4, -0.2) is 43.5 Å². The average Bonchev–Trinajstić information content (AvgIpc) is 2.54. The fourth-order valence-corrected chi connectivity index (χ4v) is 3.01. The second kappa shape index (κ2) is 12.2. The van der Waals surface area contributed by atoms with Crippen molar-refractivity contribution in [2.75, 3.05) is 26.2 Å². The molecule has 2 amide bonds. The normalized spacial score (nSPS) is 21.0. The molecule has 2 atom stereocenters. The fraction of sp³-hybridized carbons (Fsp3) is 0.875. The molecule has 0 aromatic carbocycles. The molecule has 1 rings (SSSR count). The minimum Gasteiger partial charge on any atom is -0.396 e. The first-order valence-electron chi connectivity index (χ1n) is 8.42. The van der Waals surface area contributed by atoms with Crippen LogP contribution in [0.1, 0.15) is 51.4 Å². The van der Waals surface area contributed by atoms with E-state index in [1.807, 2.05) is 0 Å². The van der Waals surface area contributed by atoms with Gasteiger partial charge in [0.05, 0.1) is 6.54 Å². The summed E-state index contributed by atoms with van der Waals surface area (Å²) in [6.07, 6.45) is 9.82. The highest BCUT2D eigenvalue weighted by atomic mass is 16.3. The van der Waals surface area contributed by atoms with E-state index in [0.717, 1.165) is 51.4 Å². The van der Waals surface area contributed by atoms with E-state index in [0.29, 0.717) is 31.5 Å². The molecule has 3 N–H and O–H groups in total. The van der Waals surface area contributed by atoms with Gasteiger partial charge in [0.1, 0.15) is 0 Å². The molecule has 126 valence electrons. The number of nitrogens with one attached hydrogen (secondary N) is 2. The van der Waals surface area contributed by atoms with Crippen molar-refractivity contribution in [3.63, 3.8) is 0 Å². The second-order valence-corrected chi connectivity index (χ2v) is 6.11. The molecule has 0 bridgehead atoms. The first-order chi connectivity index (χ1) is 10.8. The maximum absolute atomic E-state index is 11.7. The molecule has 2 unspecified atom stereocenters. The van der Waals surface area contributed by atoms with Crippen LogP contribution >= 0.6 is 0 Å². The van der Waals surface area contributed by atoms with Crippen molar-refractivity contribution in [1.29, 1.82) is 0 Å². The van der Waals surface area contributed by atoms with Gasteiger partial charge in [-0.3, -0.25) is 0 Å². The van der Waals surface area contributed by atoms with E-state index < -0.39 is 0 Å². The Bertz CT molecular complexity index is 357. The van der Waals surface area contributed by atoms with Crippen LogP contribution in [0.3, 0.4) is 0 Å². The first kappa shape index (κ1) is 18.7. The number of hydrogen-bond acceptors (Lipinski definition) is 4. The lowest BCUT2D eigenvalue weighted by Gasteiger charge is -2.28. The molecule has 1 fully saturated rings. The van der Waals surface area contributed by atoms with Crippen molar-refractivity contribution in [3.8, 4) is 0 Å². The van der Waals surface area contributed by atoms with Crippen molar-refractivity contribution in [2.24, 2.45) is 16.8 Å². The number of nitrogens with zero attached hydrogens (tertiary/aromatic N) is 1. The highest BCUT2D eigenvalue weighted by Crippen LogP contribution is 2.28. The van der Waals surface area contributed by atoms with Crippen LogP contribution in [0.25, 0.3) is 0 Å². The third-order valence-electron chi connectivity index (χ3n) is 4.23. The quantitative estimate of drug-likeness (QED) is 0.327. The number of isocyanates is 1. The average molecular weight is 311 g/mol. The first-order valence-corrected chi connectivity index (χ1v) is 8.42. The molecule has 0 saturated heterocycles. The van der Waals surface area contributed by atoms with Gasteiger partial charge >= 0.3 is 6.03 Å². The van der Waals surface area contributed by atoms with E-state index >= 15 is 0 Å². The second-order valence-electron chi connectivity index (χ2n) is 6.11. The summed E-state index contributed by atoms with van der Waals surface area (Å²) in [5.41, 5.74) is 0.